The highest BCUT2D eigenvalue weighted by Crippen LogP contribution is 2.41. The Morgan fingerprint density at radius 2 is 2.00 bits per heavy atom. The van der Waals surface area contributed by atoms with E-state index in [9.17, 15) is 4.79 Å². The van der Waals surface area contributed by atoms with E-state index in [1.165, 1.54) is 25.7 Å². The van der Waals surface area contributed by atoms with Crippen LogP contribution < -0.4 is 5.32 Å². The van der Waals surface area contributed by atoms with Gasteiger partial charge in [0.25, 0.3) is 0 Å². The molecule has 0 aromatic carbocycles. The lowest BCUT2D eigenvalue weighted by atomic mass is 9.79. The second-order valence-corrected chi connectivity index (χ2v) is 5.90. The molecule has 1 aliphatic heterocycles. The normalized spacial score (nSPS) is 34.5. The Morgan fingerprint density at radius 1 is 1.33 bits per heavy atom. The Bertz CT molecular complexity index is 243. The second kappa shape index (κ2) is 4.25. The fourth-order valence-electron chi connectivity index (χ4n) is 3.20. The zero-order valence-corrected chi connectivity index (χ0v) is 10.0. The summed E-state index contributed by atoms with van der Waals surface area (Å²) in [5, 5.41) is 3.32. The summed E-state index contributed by atoms with van der Waals surface area (Å²) >= 11 is 0. The summed E-state index contributed by atoms with van der Waals surface area (Å²) in [6.45, 7) is 6.42. The van der Waals surface area contributed by atoms with Crippen LogP contribution in [0.4, 0.5) is 0 Å². The molecule has 1 aliphatic carbocycles. The van der Waals surface area contributed by atoms with Crippen molar-refractivity contribution in [3.05, 3.63) is 0 Å². The predicted octanol–water partition coefficient (Wildman–Crippen LogP) is 2.38. The first-order valence-corrected chi connectivity index (χ1v) is 6.34. The molecule has 0 bridgehead atoms. The quantitative estimate of drug-likeness (QED) is 0.773. The van der Waals surface area contributed by atoms with Gasteiger partial charge in [-0.1, -0.05) is 26.7 Å². The monoisotopic (exact) mass is 209 g/mol. The van der Waals surface area contributed by atoms with Gasteiger partial charge in [-0.2, -0.15) is 0 Å². The molecule has 0 aromatic heterocycles. The van der Waals surface area contributed by atoms with Crippen molar-refractivity contribution in [2.24, 2.45) is 17.3 Å². The zero-order valence-electron chi connectivity index (χ0n) is 10.0. The average molecular weight is 209 g/mol. The van der Waals surface area contributed by atoms with Gasteiger partial charge in [-0.15, -0.1) is 0 Å². The molecule has 86 valence electrons. The van der Waals surface area contributed by atoms with E-state index in [-0.39, 0.29) is 0 Å². The summed E-state index contributed by atoms with van der Waals surface area (Å²) in [7, 11) is 0. The number of hydrogen-bond donors (Lipinski definition) is 1. The maximum atomic E-state index is 12.2. The molecule has 1 heterocycles. The van der Waals surface area contributed by atoms with Crippen LogP contribution in [0.15, 0.2) is 0 Å². The highest BCUT2D eigenvalue weighted by Gasteiger charge is 2.36. The lowest BCUT2D eigenvalue weighted by Crippen LogP contribution is -2.27. The smallest absolute Gasteiger partial charge is 0.138 e. The van der Waals surface area contributed by atoms with Crippen molar-refractivity contribution in [1.29, 1.82) is 0 Å². The lowest BCUT2D eigenvalue weighted by molar-refractivity contribution is -0.125. The third kappa shape index (κ3) is 2.41. The van der Waals surface area contributed by atoms with Gasteiger partial charge in [0.2, 0.25) is 0 Å². The van der Waals surface area contributed by atoms with Crippen LogP contribution in [0.1, 0.15) is 46.0 Å². The lowest BCUT2D eigenvalue weighted by Gasteiger charge is -2.25. The molecule has 1 N–H and O–H groups in total. The van der Waals surface area contributed by atoms with Gasteiger partial charge in [0.05, 0.1) is 0 Å². The van der Waals surface area contributed by atoms with Crippen molar-refractivity contribution in [1.82, 2.24) is 5.32 Å². The molecule has 0 radical (unpaired) electrons. The molecule has 0 amide bonds. The minimum atomic E-state index is 0.294. The third-order valence-corrected chi connectivity index (χ3v) is 4.34. The summed E-state index contributed by atoms with van der Waals surface area (Å²) in [5.41, 5.74) is 0.333. The highest BCUT2D eigenvalue weighted by atomic mass is 16.1. The molecule has 2 heteroatoms. The van der Waals surface area contributed by atoms with Gasteiger partial charge in [-0.05, 0) is 30.7 Å². The molecule has 2 rings (SSSR count). The van der Waals surface area contributed by atoms with E-state index in [1.807, 2.05) is 0 Å². The maximum Gasteiger partial charge on any atom is 0.138 e. The van der Waals surface area contributed by atoms with Crippen molar-refractivity contribution in [3.8, 4) is 0 Å². The largest absolute Gasteiger partial charge is 0.316 e. The van der Waals surface area contributed by atoms with Gasteiger partial charge < -0.3 is 5.32 Å². The van der Waals surface area contributed by atoms with Crippen molar-refractivity contribution in [2.75, 3.05) is 13.1 Å². The fraction of sp³-hybridized carbons (Fsp3) is 0.923. The second-order valence-electron chi connectivity index (χ2n) is 5.90. The molecule has 2 aliphatic rings. The van der Waals surface area contributed by atoms with Crippen LogP contribution in [0.5, 0.6) is 0 Å². The molecule has 15 heavy (non-hydrogen) atoms. The molecule has 2 atom stereocenters. The van der Waals surface area contributed by atoms with Crippen LogP contribution in [0.3, 0.4) is 0 Å². The van der Waals surface area contributed by atoms with E-state index in [0.29, 0.717) is 23.0 Å². The molecular formula is C13H23NO. The standard InChI is InChI=1S/C13H23NO/c1-10-8-14-9-11(10)12(15)7-13(2)5-3-4-6-13/h10-11,14H,3-9H2,1-2H3. The van der Waals surface area contributed by atoms with Crippen molar-refractivity contribution in [3.63, 3.8) is 0 Å². The molecule has 2 nitrogen and oxygen atoms in total. The van der Waals surface area contributed by atoms with E-state index in [2.05, 4.69) is 19.2 Å². The van der Waals surface area contributed by atoms with Crippen LogP contribution >= 0.6 is 0 Å². The number of Topliss-reactive ketones (excluding diaryl/α,β-unsaturated/α-hetero) is 1. The van der Waals surface area contributed by atoms with Crippen LogP contribution in [0.2, 0.25) is 0 Å². The topological polar surface area (TPSA) is 29.1 Å². The molecule has 2 fully saturated rings. The average Bonchev–Trinajstić information content (AvgIpc) is 2.74. The van der Waals surface area contributed by atoms with Gasteiger partial charge >= 0.3 is 0 Å². The van der Waals surface area contributed by atoms with Crippen LogP contribution in [-0.4, -0.2) is 18.9 Å². The Morgan fingerprint density at radius 3 is 2.53 bits per heavy atom. The highest BCUT2D eigenvalue weighted by molar-refractivity contribution is 5.82. The van der Waals surface area contributed by atoms with Crippen LogP contribution in [0.25, 0.3) is 0 Å². The maximum absolute atomic E-state index is 12.2. The van der Waals surface area contributed by atoms with Crippen molar-refractivity contribution in [2.45, 2.75) is 46.0 Å². The van der Waals surface area contributed by atoms with Gasteiger partial charge in [-0.3, -0.25) is 4.79 Å². The van der Waals surface area contributed by atoms with Crippen molar-refractivity contribution < 1.29 is 4.79 Å². The summed E-state index contributed by atoms with van der Waals surface area (Å²) in [5.74, 6) is 1.35. The van der Waals surface area contributed by atoms with E-state index >= 15 is 0 Å². The number of carbonyl (C=O) groups excluding carboxylic acids is 1. The van der Waals surface area contributed by atoms with Gasteiger partial charge in [0.15, 0.2) is 0 Å². The number of ketones is 1. The number of hydrogen-bond acceptors (Lipinski definition) is 2. The van der Waals surface area contributed by atoms with Gasteiger partial charge in [-0.25, -0.2) is 0 Å². The first-order chi connectivity index (χ1) is 7.11. The summed E-state index contributed by atoms with van der Waals surface area (Å²) < 4.78 is 0. The SMILES string of the molecule is CC1CNCC1C(=O)CC1(C)CCCC1. The van der Waals surface area contributed by atoms with Gasteiger partial charge in [0, 0.05) is 18.9 Å². The molecular weight excluding hydrogens is 186 g/mol. The summed E-state index contributed by atoms with van der Waals surface area (Å²) in [6.07, 6.45) is 5.98. The first-order valence-electron chi connectivity index (χ1n) is 6.34. The number of nitrogens with one attached hydrogen (secondary N) is 1. The Balaban J connectivity index is 1.91. The minimum absolute atomic E-state index is 0.294. The predicted molar refractivity (Wildman–Crippen MR) is 61.7 cm³/mol. The number of carbonyl (C=O) groups is 1. The zero-order chi connectivity index (χ0) is 10.9. The number of rotatable bonds is 3. The Hall–Kier alpha value is -0.370. The van der Waals surface area contributed by atoms with Gasteiger partial charge in [0.1, 0.15) is 5.78 Å². The Kier molecular flexibility index (Phi) is 3.15. The molecule has 1 saturated carbocycles. The molecule has 0 spiro atoms. The van der Waals surface area contributed by atoms with E-state index < -0.39 is 0 Å². The van der Waals surface area contributed by atoms with E-state index in [4.69, 9.17) is 0 Å². The molecule has 1 saturated heterocycles. The summed E-state index contributed by atoms with van der Waals surface area (Å²) in [6, 6.07) is 0. The third-order valence-electron chi connectivity index (χ3n) is 4.34. The minimum Gasteiger partial charge on any atom is -0.316 e. The first kappa shape index (κ1) is 11.1. The van der Waals surface area contributed by atoms with Crippen molar-refractivity contribution >= 4 is 5.78 Å². The van der Waals surface area contributed by atoms with E-state index in [1.54, 1.807) is 0 Å². The Labute approximate surface area is 92.8 Å². The van der Waals surface area contributed by atoms with Crippen LogP contribution in [-0.2, 0) is 4.79 Å². The summed E-state index contributed by atoms with van der Waals surface area (Å²) in [4.78, 5) is 12.2. The van der Waals surface area contributed by atoms with E-state index in [0.717, 1.165) is 19.5 Å². The fourth-order valence-corrected chi connectivity index (χ4v) is 3.20. The molecule has 0 aromatic rings. The van der Waals surface area contributed by atoms with Crippen LogP contribution in [0, 0.1) is 17.3 Å². The molecule has 2 unspecified atom stereocenters.